The van der Waals surface area contributed by atoms with Crippen molar-refractivity contribution in [2.45, 2.75) is 19.6 Å². The topological polar surface area (TPSA) is 39.7 Å². The summed E-state index contributed by atoms with van der Waals surface area (Å²) in [6, 6.07) is 11.6. The van der Waals surface area contributed by atoms with E-state index in [0.717, 1.165) is 41.7 Å². The van der Waals surface area contributed by atoms with Crippen LogP contribution in [0.1, 0.15) is 17.5 Å². The van der Waals surface area contributed by atoms with E-state index in [0.29, 0.717) is 23.1 Å². The maximum atomic E-state index is 5.95. The molecule has 0 aliphatic heterocycles. The Kier molecular flexibility index (Phi) is 11.0. The van der Waals surface area contributed by atoms with Gasteiger partial charge in [0.2, 0.25) is 0 Å². The summed E-state index contributed by atoms with van der Waals surface area (Å²) in [5.41, 5.74) is 2.17. The lowest BCUT2D eigenvalue weighted by molar-refractivity contribution is 0.194. The Balaban J connectivity index is 0.00000338. The second kappa shape index (κ2) is 12.4. The van der Waals surface area contributed by atoms with Crippen molar-refractivity contribution < 1.29 is 14.2 Å². The van der Waals surface area contributed by atoms with Gasteiger partial charge in [-0.05, 0) is 64.3 Å². The van der Waals surface area contributed by atoms with Gasteiger partial charge in [-0.2, -0.15) is 0 Å². The van der Waals surface area contributed by atoms with Gasteiger partial charge in [0.15, 0.2) is 11.5 Å². The SMILES string of the molecule is COCCCNCc1cc(Br)c(OCc2ccc(Cl)cc2)c(OC)c1.Cl. The molecule has 0 heterocycles. The van der Waals surface area contributed by atoms with Crippen LogP contribution in [0, 0.1) is 0 Å². The Morgan fingerprint density at radius 3 is 2.46 bits per heavy atom. The molecule has 0 spiro atoms. The number of ether oxygens (including phenoxy) is 3. The van der Waals surface area contributed by atoms with Gasteiger partial charge in [-0.3, -0.25) is 0 Å². The van der Waals surface area contributed by atoms with Gasteiger partial charge in [0.25, 0.3) is 0 Å². The summed E-state index contributed by atoms with van der Waals surface area (Å²) in [7, 11) is 3.36. The van der Waals surface area contributed by atoms with Crippen LogP contribution in [-0.4, -0.2) is 27.4 Å². The first-order valence-electron chi connectivity index (χ1n) is 8.07. The second-order valence-electron chi connectivity index (χ2n) is 5.55. The van der Waals surface area contributed by atoms with Crippen molar-refractivity contribution in [3.05, 3.63) is 57.0 Å². The standard InChI is InChI=1S/C19H23BrClNO3.ClH/c1-23-9-3-8-22-12-15-10-17(20)19(18(11-15)24-2)25-13-14-4-6-16(21)7-5-14;/h4-7,10-11,22H,3,8-9,12-13H2,1-2H3;1H. The lowest BCUT2D eigenvalue weighted by Gasteiger charge is -2.15. The van der Waals surface area contributed by atoms with E-state index in [9.17, 15) is 0 Å². The van der Waals surface area contributed by atoms with Crippen molar-refractivity contribution in [1.29, 1.82) is 0 Å². The van der Waals surface area contributed by atoms with Crippen LogP contribution in [-0.2, 0) is 17.9 Å². The number of benzene rings is 2. The molecular formula is C19H24BrCl2NO3. The van der Waals surface area contributed by atoms with Crippen molar-refractivity contribution in [2.24, 2.45) is 0 Å². The van der Waals surface area contributed by atoms with Crippen LogP contribution in [0.4, 0.5) is 0 Å². The van der Waals surface area contributed by atoms with Crippen molar-refractivity contribution >= 4 is 39.9 Å². The first-order valence-corrected chi connectivity index (χ1v) is 9.24. The summed E-state index contributed by atoms with van der Waals surface area (Å²) in [4.78, 5) is 0. The lowest BCUT2D eigenvalue weighted by atomic mass is 10.2. The second-order valence-corrected chi connectivity index (χ2v) is 6.84. The highest BCUT2D eigenvalue weighted by molar-refractivity contribution is 9.10. The van der Waals surface area contributed by atoms with E-state index in [4.69, 9.17) is 25.8 Å². The fraction of sp³-hybridized carbons (Fsp3) is 0.368. The molecule has 144 valence electrons. The van der Waals surface area contributed by atoms with Gasteiger partial charge in [0, 0.05) is 25.3 Å². The quantitative estimate of drug-likeness (QED) is 0.488. The molecule has 7 heteroatoms. The van der Waals surface area contributed by atoms with Crippen LogP contribution < -0.4 is 14.8 Å². The normalized spacial score (nSPS) is 10.3. The van der Waals surface area contributed by atoms with Gasteiger partial charge in [-0.15, -0.1) is 12.4 Å². The van der Waals surface area contributed by atoms with Crippen LogP contribution >= 0.6 is 39.9 Å². The van der Waals surface area contributed by atoms with E-state index < -0.39 is 0 Å². The monoisotopic (exact) mass is 463 g/mol. The molecule has 2 aromatic carbocycles. The Labute approximate surface area is 174 Å². The van der Waals surface area contributed by atoms with E-state index >= 15 is 0 Å². The molecule has 2 aromatic rings. The zero-order valence-electron chi connectivity index (χ0n) is 14.9. The number of rotatable bonds is 10. The fourth-order valence-electron chi connectivity index (χ4n) is 2.33. The minimum Gasteiger partial charge on any atom is -0.493 e. The van der Waals surface area contributed by atoms with Gasteiger partial charge in [0.1, 0.15) is 6.61 Å². The predicted octanol–water partition coefficient (Wildman–Crippen LogP) is 5.24. The first kappa shape index (κ1) is 23.1. The fourth-order valence-corrected chi connectivity index (χ4v) is 3.06. The number of methoxy groups -OCH3 is 2. The van der Waals surface area contributed by atoms with E-state index in [1.807, 2.05) is 36.4 Å². The Bertz CT molecular complexity index is 669. The number of hydrogen-bond acceptors (Lipinski definition) is 4. The van der Waals surface area contributed by atoms with Crippen molar-refractivity contribution in [3.63, 3.8) is 0 Å². The highest BCUT2D eigenvalue weighted by Crippen LogP contribution is 2.37. The minimum absolute atomic E-state index is 0. The number of halogens is 3. The molecule has 26 heavy (non-hydrogen) atoms. The molecule has 4 nitrogen and oxygen atoms in total. The maximum Gasteiger partial charge on any atom is 0.175 e. The largest absolute Gasteiger partial charge is 0.493 e. The number of hydrogen-bond donors (Lipinski definition) is 1. The molecule has 0 saturated heterocycles. The third-order valence-electron chi connectivity index (χ3n) is 3.62. The zero-order valence-corrected chi connectivity index (χ0v) is 18.0. The van der Waals surface area contributed by atoms with Gasteiger partial charge in [-0.25, -0.2) is 0 Å². The number of nitrogens with one attached hydrogen (secondary N) is 1. The highest BCUT2D eigenvalue weighted by atomic mass is 79.9. The molecule has 0 atom stereocenters. The summed E-state index contributed by atoms with van der Waals surface area (Å²) < 4.78 is 17.4. The van der Waals surface area contributed by atoms with E-state index in [1.165, 1.54) is 0 Å². The molecule has 0 aliphatic rings. The Hall–Kier alpha value is -0.980. The third kappa shape index (κ3) is 7.33. The molecule has 0 unspecified atom stereocenters. The van der Waals surface area contributed by atoms with Crippen LogP contribution in [0.2, 0.25) is 5.02 Å². The van der Waals surface area contributed by atoms with E-state index in [1.54, 1.807) is 14.2 Å². The molecule has 0 saturated carbocycles. The minimum atomic E-state index is 0. The third-order valence-corrected chi connectivity index (χ3v) is 4.46. The molecule has 0 fully saturated rings. The molecule has 2 rings (SSSR count). The molecule has 0 amide bonds. The van der Waals surface area contributed by atoms with E-state index in [-0.39, 0.29) is 12.4 Å². The van der Waals surface area contributed by atoms with Crippen LogP contribution in [0.25, 0.3) is 0 Å². The highest BCUT2D eigenvalue weighted by Gasteiger charge is 2.12. The first-order chi connectivity index (χ1) is 12.1. The van der Waals surface area contributed by atoms with Gasteiger partial charge in [0.05, 0.1) is 11.6 Å². The maximum absolute atomic E-state index is 5.95. The predicted molar refractivity (Wildman–Crippen MR) is 112 cm³/mol. The molecule has 0 aromatic heterocycles. The van der Waals surface area contributed by atoms with Crippen LogP contribution in [0.15, 0.2) is 40.9 Å². The Morgan fingerprint density at radius 1 is 1.08 bits per heavy atom. The molecule has 0 aliphatic carbocycles. The van der Waals surface area contributed by atoms with Gasteiger partial charge in [-0.1, -0.05) is 23.7 Å². The van der Waals surface area contributed by atoms with Gasteiger partial charge < -0.3 is 19.5 Å². The molecule has 0 bridgehead atoms. The van der Waals surface area contributed by atoms with Crippen molar-refractivity contribution in [3.8, 4) is 11.5 Å². The summed E-state index contributed by atoms with van der Waals surface area (Å²) in [6.07, 6.45) is 0.983. The van der Waals surface area contributed by atoms with Crippen molar-refractivity contribution in [1.82, 2.24) is 5.32 Å². The summed E-state index contributed by atoms with van der Waals surface area (Å²) >= 11 is 9.49. The summed E-state index contributed by atoms with van der Waals surface area (Å²) in [5.74, 6) is 1.40. The van der Waals surface area contributed by atoms with E-state index in [2.05, 4.69) is 21.2 Å². The average molecular weight is 465 g/mol. The molecule has 1 N–H and O–H groups in total. The van der Waals surface area contributed by atoms with Gasteiger partial charge >= 0.3 is 0 Å². The molecule has 0 radical (unpaired) electrons. The summed E-state index contributed by atoms with van der Waals surface area (Å²) in [6.45, 7) is 2.87. The smallest absolute Gasteiger partial charge is 0.175 e. The van der Waals surface area contributed by atoms with Crippen LogP contribution in [0.3, 0.4) is 0 Å². The van der Waals surface area contributed by atoms with Crippen LogP contribution in [0.5, 0.6) is 11.5 Å². The molecular weight excluding hydrogens is 441 g/mol. The Morgan fingerprint density at radius 2 is 1.81 bits per heavy atom. The lowest BCUT2D eigenvalue weighted by Crippen LogP contribution is -2.16. The summed E-state index contributed by atoms with van der Waals surface area (Å²) in [5, 5.41) is 4.10. The zero-order chi connectivity index (χ0) is 18.1. The average Bonchev–Trinajstić information content (AvgIpc) is 2.61. The van der Waals surface area contributed by atoms with Crippen molar-refractivity contribution in [2.75, 3.05) is 27.4 Å².